The van der Waals surface area contributed by atoms with Crippen molar-refractivity contribution in [3.8, 4) is 0 Å². The Balaban J connectivity index is 0.000000396. The van der Waals surface area contributed by atoms with Gasteiger partial charge in [-0.05, 0) is 38.8 Å². The van der Waals surface area contributed by atoms with Gasteiger partial charge in [0.2, 0.25) is 5.91 Å². The molecule has 2 fully saturated rings. The Kier molecular flexibility index (Phi) is 8.06. The predicted octanol–water partition coefficient (Wildman–Crippen LogP) is 3.46. The van der Waals surface area contributed by atoms with Crippen molar-refractivity contribution < 1.29 is 32.6 Å². The van der Waals surface area contributed by atoms with Crippen LogP contribution >= 0.6 is 11.3 Å². The number of alkyl halides is 3. The molecule has 0 bridgehead atoms. The number of nitrogens with zero attached hydrogens (tertiary/aromatic N) is 2. The maximum atomic E-state index is 12.1. The van der Waals surface area contributed by atoms with Crippen LogP contribution in [0.5, 0.6) is 0 Å². The Labute approximate surface area is 177 Å². The maximum absolute atomic E-state index is 12.1. The molecular weight excluding hydrogens is 421 g/mol. The van der Waals surface area contributed by atoms with Gasteiger partial charge in [0, 0.05) is 35.9 Å². The normalized spacial score (nSPS) is 21.8. The van der Waals surface area contributed by atoms with Gasteiger partial charge in [-0.15, -0.1) is 17.9 Å². The number of aryl methyl sites for hydroxylation is 1. The molecule has 0 aliphatic carbocycles. The van der Waals surface area contributed by atoms with E-state index in [4.69, 9.17) is 14.6 Å². The average Bonchev–Trinajstić information content (AvgIpc) is 3.08. The van der Waals surface area contributed by atoms with E-state index >= 15 is 0 Å². The summed E-state index contributed by atoms with van der Waals surface area (Å²) >= 11 is 1.88. The molecule has 0 aromatic carbocycles. The van der Waals surface area contributed by atoms with Crippen LogP contribution in [0.3, 0.4) is 0 Å². The minimum atomic E-state index is -5.08. The highest BCUT2D eigenvalue weighted by Gasteiger charge is 2.47. The Morgan fingerprint density at radius 3 is 2.47 bits per heavy atom. The molecule has 2 aliphatic heterocycles. The maximum Gasteiger partial charge on any atom is 0.490 e. The Morgan fingerprint density at radius 1 is 1.40 bits per heavy atom. The summed E-state index contributed by atoms with van der Waals surface area (Å²) in [6.07, 6.45) is -1.30. The van der Waals surface area contributed by atoms with Gasteiger partial charge >= 0.3 is 12.1 Å². The molecule has 1 spiro atoms. The highest BCUT2D eigenvalue weighted by molar-refractivity contribution is 7.11. The number of aliphatic carboxylic acids is 1. The number of halogens is 3. The summed E-state index contributed by atoms with van der Waals surface area (Å²) in [5, 5.41) is 7.12. The van der Waals surface area contributed by atoms with Crippen molar-refractivity contribution >= 4 is 23.2 Å². The lowest BCUT2D eigenvalue weighted by molar-refractivity contribution is -0.192. The first kappa shape index (κ1) is 24.4. The third-order valence-corrected chi connectivity index (χ3v) is 6.46. The van der Waals surface area contributed by atoms with Crippen LogP contribution in [0.2, 0.25) is 0 Å². The fourth-order valence-electron chi connectivity index (χ4n) is 3.75. The van der Waals surface area contributed by atoms with Gasteiger partial charge in [0.15, 0.2) is 0 Å². The first-order valence-corrected chi connectivity index (χ1v) is 10.4. The van der Waals surface area contributed by atoms with Gasteiger partial charge in [-0.25, -0.2) is 4.79 Å². The zero-order chi connectivity index (χ0) is 22.5. The molecule has 1 unspecified atom stereocenters. The van der Waals surface area contributed by atoms with Crippen LogP contribution in [0.1, 0.15) is 29.5 Å². The van der Waals surface area contributed by atoms with Crippen molar-refractivity contribution in [1.82, 2.24) is 9.80 Å². The minimum Gasteiger partial charge on any atom is -0.475 e. The number of hydrogen-bond acceptors (Lipinski definition) is 5. The molecule has 2 aliphatic rings. The number of carboxylic acids is 1. The molecule has 0 radical (unpaired) electrons. The van der Waals surface area contributed by atoms with E-state index in [-0.39, 0.29) is 24.2 Å². The fraction of sp³-hybridized carbons (Fsp3) is 0.600. The van der Waals surface area contributed by atoms with Crippen molar-refractivity contribution in [1.29, 1.82) is 0 Å². The largest absolute Gasteiger partial charge is 0.490 e. The fourth-order valence-corrected chi connectivity index (χ4v) is 4.68. The monoisotopic (exact) mass is 448 g/mol. The highest BCUT2D eigenvalue weighted by atomic mass is 32.1. The van der Waals surface area contributed by atoms with Crippen LogP contribution in [-0.2, 0) is 20.9 Å². The number of likely N-dealkylation sites (tertiary alicyclic amines) is 1. The van der Waals surface area contributed by atoms with Crippen LogP contribution in [0.4, 0.5) is 13.2 Å². The summed E-state index contributed by atoms with van der Waals surface area (Å²) in [6.45, 7) is 12.0. The van der Waals surface area contributed by atoms with Crippen molar-refractivity contribution in [2.45, 2.75) is 51.1 Å². The van der Waals surface area contributed by atoms with Gasteiger partial charge in [0.05, 0.1) is 11.6 Å². The van der Waals surface area contributed by atoms with Crippen molar-refractivity contribution in [3.63, 3.8) is 0 Å². The molecule has 10 heteroatoms. The zero-order valence-electron chi connectivity index (χ0n) is 17.1. The van der Waals surface area contributed by atoms with Gasteiger partial charge in [-0.1, -0.05) is 6.08 Å². The van der Waals surface area contributed by atoms with Gasteiger partial charge in [-0.2, -0.15) is 13.2 Å². The molecule has 1 aromatic heterocycles. The number of hydrogen-bond donors (Lipinski definition) is 1. The first-order valence-electron chi connectivity index (χ1n) is 9.60. The van der Waals surface area contributed by atoms with E-state index in [2.05, 4.69) is 37.5 Å². The zero-order valence-corrected chi connectivity index (χ0v) is 17.9. The topological polar surface area (TPSA) is 70.1 Å². The second kappa shape index (κ2) is 9.93. The molecule has 3 heterocycles. The van der Waals surface area contributed by atoms with Gasteiger partial charge in [0.25, 0.3) is 0 Å². The van der Waals surface area contributed by atoms with Crippen molar-refractivity contribution in [2.75, 3.05) is 26.2 Å². The number of ether oxygens (including phenoxy) is 1. The van der Waals surface area contributed by atoms with Gasteiger partial charge in [0.1, 0.15) is 6.61 Å². The van der Waals surface area contributed by atoms with Crippen molar-refractivity contribution in [2.24, 2.45) is 0 Å². The Bertz CT molecular complexity index is 757. The van der Waals surface area contributed by atoms with E-state index in [1.807, 2.05) is 22.3 Å². The van der Waals surface area contributed by atoms with Crippen LogP contribution in [0.15, 0.2) is 24.8 Å². The smallest absolute Gasteiger partial charge is 0.475 e. The second-order valence-electron chi connectivity index (χ2n) is 7.46. The molecule has 6 nitrogen and oxygen atoms in total. The average molecular weight is 449 g/mol. The minimum absolute atomic E-state index is 0.0829. The predicted molar refractivity (Wildman–Crippen MR) is 107 cm³/mol. The van der Waals surface area contributed by atoms with E-state index in [9.17, 15) is 18.0 Å². The third kappa shape index (κ3) is 6.05. The van der Waals surface area contributed by atoms with E-state index in [0.717, 1.165) is 32.5 Å². The Morgan fingerprint density at radius 2 is 2.00 bits per heavy atom. The molecule has 0 saturated carbocycles. The summed E-state index contributed by atoms with van der Waals surface area (Å²) < 4.78 is 37.8. The second-order valence-corrected chi connectivity index (χ2v) is 8.83. The number of thiophene rings is 1. The number of morpholine rings is 1. The lowest BCUT2D eigenvalue weighted by Crippen LogP contribution is -2.63. The highest BCUT2D eigenvalue weighted by Crippen LogP contribution is 2.36. The molecular formula is C20H27F3N2O4S. The number of carbonyl (C=O) groups excluding carboxylic acids is 1. The standard InChI is InChI=1S/C18H26N2O2S.C2HF3O2/c1-4-9-20-15(3)18(22-13-17(20)21)7-10-19(11-8-18)12-16-6-5-14(2)23-16;3-2(4,5)1(6)7/h4-6,15H,1,7-13H2,2-3H3;(H,6,7). The van der Waals surface area contributed by atoms with Crippen LogP contribution < -0.4 is 0 Å². The molecule has 1 atom stereocenters. The number of carbonyl (C=O) groups is 2. The number of carboxylic acid groups (broad SMARTS) is 1. The lowest BCUT2D eigenvalue weighted by atomic mass is 9.82. The summed E-state index contributed by atoms with van der Waals surface area (Å²) in [4.78, 5) is 28.2. The van der Waals surface area contributed by atoms with E-state index in [1.165, 1.54) is 9.75 Å². The molecule has 168 valence electrons. The number of amides is 1. The number of piperidine rings is 1. The van der Waals surface area contributed by atoms with Crippen molar-refractivity contribution in [3.05, 3.63) is 34.5 Å². The molecule has 2 saturated heterocycles. The van der Waals surface area contributed by atoms with E-state index in [1.54, 1.807) is 0 Å². The lowest BCUT2D eigenvalue weighted by Gasteiger charge is -2.51. The SMILES string of the molecule is C=CCN1C(=O)COC2(CCN(Cc3ccc(C)s3)CC2)C1C.O=C(O)C(F)(F)F. The summed E-state index contributed by atoms with van der Waals surface area (Å²) in [5.74, 6) is -2.67. The molecule has 1 aromatic rings. The first-order chi connectivity index (χ1) is 14.0. The molecule has 1 N–H and O–H groups in total. The molecule has 3 rings (SSSR count). The summed E-state index contributed by atoms with van der Waals surface area (Å²) in [6, 6.07) is 4.54. The van der Waals surface area contributed by atoms with Gasteiger partial charge < -0.3 is 14.7 Å². The van der Waals surface area contributed by atoms with E-state index in [0.29, 0.717) is 6.54 Å². The molecule has 1 amide bonds. The summed E-state index contributed by atoms with van der Waals surface area (Å²) in [5.41, 5.74) is -0.182. The third-order valence-electron chi connectivity index (χ3n) is 5.48. The molecule has 30 heavy (non-hydrogen) atoms. The Hall–Kier alpha value is -1.91. The van der Waals surface area contributed by atoms with E-state index < -0.39 is 12.1 Å². The quantitative estimate of drug-likeness (QED) is 0.715. The number of rotatable bonds is 4. The van der Waals surface area contributed by atoms with Gasteiger partial charge in [-0.3, -0.25) is 9.69 Å². The van der Waals surface area contributed by atoms with Crippen LogP contribution in [0.25, 0.3) is 0 Å². The summed E-state index contributed by atoms with van der Waals surface area (Å²) in [7, 11) is 0. The van der Waals surface area contributed by atoms with Crippen LogP contribution in [0, 0.1) is 6.92 Å². The van der Waals surface area contributed by atoms with Crippen LogP contribution in [-0.4, -0.2) is 70.8 Å².